The van der Waals surface area contributed by atoms with Gasteiger partial charge in [-0.25, -0.2) is 14.8 Å². The molecule has 0 amide bonds. The van der Waals surface area contributed by atoms with Gasteiger partial charge in [0, 0.05) is 31.0 Å². The van der Waals surface area contributed by atoms with Crippen molar-refractivity contribution in [3.63, 3.8) is 0 Å². The number of nitrogens with zero attached hydrogens (tertiary/aromatic N) is 6. The van der Waals surface area contributed by atoms with Crippen molar-refractivity contribution in [1.29, 1.82) is 5.26 Å². The molecule has 9 heteroatoms. The van der Waals surface area contributed by atoms with E-state index in [1.165, 1.54) is 7.11 Å². The summed E-state index contributed by atoms with van der Waals surface area (Å²) in [6, 6.07) is 9.75. The van der Waals surface area contributed by atoms with Crippen LogP contribution in [0.5, 0.6) is 0 Å². The van der Waals surface area contributed by atoms with Crippen LogP contribution in [-0.4, -0.2) is 57.4 Å². The monoisotopic (exact) mass is 431 g/mol. The van der Waals surface area contributed by atoms with E-state index in [1.54, 1.807) is 24.5 Å². The molecule has 0 atom stereocenters. The van der Waals surface area contributed by atoms with Gasteiger partial charge in [0.2, 0.25) is 5.95 Å². The first-order valence-electron chi connectivity index (χ1n) is 10.5. The molecule has 1 saturated heterocycles. The van der Waals surface area contributed by atoms with Crippen LogP contribution in [0.25, 0.3) is 11.3 Å². The Morgan fingerprint density at radius 2 is 2.06 bits per heavy atom. The van der Waals surface area contributed by atoms with Crippen LogP contribution in [0.3, 0.4) is 0 Å². The molecular weight excluding hydrogens is 406 g/mol. The van der Waals surface area contributed by atoms with Crippen LogP contribution in [0.15, 0.2) is 42.9 Å². The summed E-state index contributed by atoms with van der Waals surface area (Å²) < 4.78 is 6.88. The van der Waals surface area contributed by atoms with Crippen molar-refractivity contribution < 1.29 is 9.53 Å². The Morgan fingerprint density at radius 3 is 2.81 bits per heavy atom. The largest absolute Gasteiger partial charge is 0.465 e. The van der Waals surface area contributed by atoms with Gasteiger partial charge < -0.3 is 10.1 Å². The predicted molar refractivity (Wildman–Crippen MR) is 119 cm³/mol. The molecule has 3 heterocycles. The van der Waals surface area contributed by atoms with E-state index in [2.05, 4.69) is 31.4 Å². The van der Waals surface area contributed by atoms with Gasteiger partial charge in [0.25, 0.3) is 0 Å². The van der Waals surface area contributed by atoms with E-state index in [4.69, 9.17) is 10.00 Å². The van der Waals surface area contributed by atoms with Crippen molar-refractivity contribution in [2.45, 2.75) is 25.8 Å². The lowest BCUT2D eigenvalue weighted by Gasteiger charge is -2.30. The fourth-order valence-corrected chi connectivity index (χ4v) is 3.93. The van der Waals surface area contributed by atoms with Gasteiger partial charge in [0.05, 0.1) is 48.9 Å². The molecule has 2 aromatic heterocycles. The van der Waals surface area contributed by atoms with Crippen molar-refractivity contribution in [1.82, 2.24) is 24.6 Å². The Morgan fingerprint density at radius 1 is 1.28 bits per heavy atom. The topological polar surface area (TPSA) is 109 Å². The van der Waals surface area contributed by atoms with Crippen LogP contribution >= 0.6 is 0 Å². The van der Waals surface area contributed by atoms with Gasteiger partial charge in [0.1, 0.15) is 0 Å². The van der Waals surface area contributed by atoms with Crippen LogP contribution in [0, 0.1) is 18.3 Å². The van der Waals surface area contributed by atoms with Crippen LogP contribution < -0.4 is 5.32 Å². The van der Waals surface area contributed by atoms with Gasteiger partial charge in [-0.3, -0.25) is 9.58 Å². The van der Waals surface area contributed by atoms with E-state index >= 15 is 0 Å². The maximum Gasteiger partial charge on any atom is 0.338 e. The third kappa shape index (κ3) is 4.60. The fourth-order valence-electron chi connectivity index (χ4n) is 3.93. The predicted octanol–water partition coefficient (Wildman–Crippen LogP) is 3.34. The summed E-state index contributed by atoms with van der Waals surface area (Å²) in [7, 11) is 1.37. The van der Waals surface area contributed by atoms with Gasteiger partial charge in [0.15, 0.2) is 0 Å². The summed E-state index contributed by atoms with van der Waals surface area (Å²) in [5.41, 5.74) is 3.47. The molecule has 164 valence electrons. The van der Waals surface area contributed by atoms with Crippen LogP contribution in [0.4, 0.5) is 11.6 Å². The molecule has 0 bridgehead atoms. The van der Waals surface area contributed by atoms with Crippen LogP contribution in [0.1, 0.15) is 34.8 Å². The Bertz CT molecular complexity index is 1140. The fraction of sp³-hybridized carbons (Fsp3) is 0.348. The molecule has 0 radical (unpaired) electrons. The Hall–Kier alpha value is -3.77. The van der Waals surface area contributed by atoms with Crippen molar-refractivity contribution >= 4 is 17.6 Å². The third-order valence-corrected chi connectivity index (χ3v) is 5.64. The molecule has 3 aromatic rings. The van der Waals surface area contributed by atoms with Gasteiger partial charge in [-0.15, -0.1) is 0 Å². The number of hydrogen-bond acceptors (Lipinski definition) is 8. The number of aromatic nitrogens is 4. The number of methoxy groups -OCH3 is 1. The molecule has 1 aromatic carbocycles. The number of rotatable bonds is 6. The standard InChI is InChI=1S/C23H25N7O2/c1-16-13-25-23(28-21(16)19-5-3-4-6-20(19)22(31)32-2)27-17-14-26-30(15-17)18-7-10-29(11-8-18)12-9-24/h3-6,13-15,18H,7-8,10-12H2,1-2H3,(H,25,27,28). The number of nitrogens with one attached hydrogen (secondary N) is 1. The number of carbonyl (C=O) groups is 1. The lowest BCUT2D eigenvalue weighted by molar-refractivity contribution is 0.0601. The Kier molecular flexibility index (Phi) is 6.42. The molecule has 0 spiro atoms. The summed E-state index contributed by atoms with van der Waals surface area (Å²) in [6.07, 6.45) is 7.35. The van der Waals surface area contributed by atoms with Crippen molar-refractivity contribution in [3.05, 3.63) is 54.0 Å². The second-order valence-corrected chi connectivity index (χ2v) is 7.76. The highest BCUT2D eigenvalue weighted by molar-refractivity contribution is 5.97. The molecule has 1 N–H and O–H groups in total. The maximum atomic E-state index is 12.2. The average molecular weight is 432 g/mol. The lowest BCUT2D eigenvalue weighted by Crippen LogP contribution is -2.34. The third-order valence-electron chi connectivity index (χ3n) is 5.64. The number of benzene rings is 1. The quantitative estimate of drug-likeness (QED) is 0.468. The molecule has 9 nitrogen and oxygen atoms in total. The number of anilines is 2. The molecular formula is C23H25N7O2. The van der Waals surface area contributed by atoms with E-state index < -0.39 is 5.97 Å². The Labute approximate surface area is 186 Å². The molecule has 0 saturated carbocycles. The van der Waals surface area contributed by atoms with Gasteiger partial charge in [-0.2, -0.15) is 10.4 Å². The molecule has 0 aliphatic carbocycles. The number of aryl methyl sites for hydroxylation is 1. The van der Waals surface area contributed by atoms with Gasteiger partial charge in [-0.05, 0) is 31.4 Å². The molecule has 0 unspecified atom stereocenters. The Balaban J connectivity index is 1.52. The minimum Gasteiger partial charge on any atom is -0.465 e. The van der Waals surface area contributed by atoms with Gasteiger partial charge in [-0.1, -0.05) is 18.2 Å². The number of piperidine rings is 1. The van der Waals surface area contributed by atoms with E-state index in [1.807, 2.05) is 29.9 Å². The first-order valence-corrected chi connectivity index (χ1v) is 10.5. The number of carbonyl (C=O) groups excluding carboxylic acids is 1. The van der Waals surface area contributed by atoms with E-state index in [9.17, 15) is 4.79 Å². The molecule has 4 rings (SSSR count). The van der Waals surface area contributed by atoms with Crippen molar-refractivity contribution in [2.24, 2.45) is 0 Å². The molecule has 32 heavy (non-hydrogen) atoms. The highest BCUT2D eigenvalue weighted by Crippen LogP contribution is 2.28. The number of nitriles is 1. The van der Waals surface area contributed by atoms with Crippen LogP contribution in [0.2, 0.25) is 0 Å². The summed E-state index contributed by atoms with van der Waals surface area (Å²) in [4.78, 5) is 23.4. The highest BCUT2D eigenvalue weighted by Gasteiger charge is 2.21. The first kappa shape index (κ1) is 21.5. The SMILES string of the molecule is COC(=O)c1ccccc1-c1nc(Nc2cnn(C3CCN(CC#N)CC3)c2)ncc1C. The molecule has 1 aliphatic heterocycles. The number of hydrogen-bond donors (Lipinski definition) is 1. The zero-order valence-electron chi connectivity index (χ0n) is 18.2. The highest BCUT2D eigenvalue weighted by atomic mass is 16.5. The van der Waals surface area contributed by atoms with E-state index in [0.29, 0.717) is 35.4 Å². The van der Waals surface area contributed by atoms with E-state index in [0.717, 1.165) is 37.2 Å². The summed E-state index contributed by atoms with van der Waals surface area (Å²) in [5, 5.41) is 16.6. The normalized spacial score (nSPS) is 14.7. The van der Waals surface area contributed by atoms with Crippen molar-refractivity contribution in [3.8, 4) is 17.3 Å². The summed E-state index contributed by atoms with van der Waals surface area (Å²) >= 11 is 0. The number of likely N-dealkylation sites (tertiary alicyclic amines) is 1. The lowest BCUT2D eigenvalue weighted by atomic mass is 10.0. The zero-order valence-corrected chi connectivity index (χ0v) is 18.2. The minimum absolute atomic E-state index is 0.307. The first-order chi connectivity index (χ1) is 15.6. The minimum atomic E-state index is -0.407. The molecule has 1 aliphatic rings. The average Bonchev–Trinajstić information content (AvgIpc) is 3.29. The van der Waals surface area contributed by atoms with Gasteiger partial charge >= 0.3 is 5.97 Å². The zero-order chi connectivity index (χ0) is 22.5. The number of ether oxygens (including phenoxy) is 1. The smallest absolute Gasteiger partial charge is 0.338 e. The number of esters is 1. The van der Waals surface area contributed by atoms with Crippen molar-refractivity contribution in [2.75, 3.05) is 32.1 Å². The maximum absolute atomic E-state index is 12.2. The second kappa shape index (κ2) is 9.58. The summed E-state index contributed by atoms with van der Waals surface area (Å²) in [5.74, 6) is 0.0175. The van der Waals surface area contributed by atoms with E-state index in [-0.39, 0.29) is 0 Å². The van der Waals surface area contributed by atoms with Crippen LogP contribution in [-0.2, 0) is 4.74 Å². The molecule has 1 fully saturated rings. The summed E-state index contributed by atoms with van der Waals surface area (Å²) in [6.45, 7) is 4.17. The second-order valence-electron chi connectivity index (χ2n) is 7.76.